The Morgan fingerprint density at radius 3 is 2.58 bits per heavy atom. The van der Waals surface area contributed by atoms with Gasteiger partial charge in [0.25, 0.3) is 0 Å². The van der Waals surface area contributed by atoms with Crippen LogP contribution in [0, 0.1) is 0 Å². The highest BCUT2D eigenvalue weighted by atomic mass is 16.2. The van der Waals surface area contributed by atoms with E-state index < -0.39 is 0 Å². The summed E-state index contributed by atoms with van der Waals surface area (Å²) in [5.74, 6) is 0.330. The number of carbonyl (C=O) groups is 1. The number of hydrogen-bond acceptors (Lipinski definition) is 3. The van der Waals surface area contributed by atoms with Gasteiger partial charge in [0.1, 0.15) is 0 Å². The summed E-state index contributed by atoms with van der Waals surface area (Å²) in [7, 11) is 0. The third-order valence-corrected chi connectivity index (χ3v) is 5.70. The molecule has 2 saturated heterocycles. The quantitative estimate of drug-likeness (QED) is 0.900. The smallest absolute Gasteiger partial charge is 0.222 e. The number of hydrogen-bond donors (Lipinski definition) is 1. The molecule has 1 atom stereocenters. The van der Waals surface area contributed by atoms with Crippen molar-refractivity contribution in [3.05, 3.63) is 35.9 Å². The molecule has 0 radical (unpaired) electrons. The van der Waals surface area contributed by atoms with Crippen molar-refractivity contribution in [2.24, 2.45) is 0 Å². The molecule has 3 rings (SSSR count). The van der Waals surface area contributed by atoms with Gasteiger partial charge in [0.05, 0.1) is 0 Å². The molecule has 1 aromatic carbocycles. The van der Waals surface area contributed by atoms with Gasteiger partial charge in [-0.05, 0) is 23.8 Å². The van der Waals surface area contributed by atoms with Gasteiger partial charge in [-0.1, -0.05) is 44.2 Å². The van der Waals surface area contributed by atoms with Gasteiger partial charge in [0.2, 0.25) is 5.91 Å². The summed E-state index contributed by atoms with van der Waals surface area (Å²) in [6.07, 6.45) is 2.69. The third-order valence-electron chi connectivity index (χ3n) is 5.70. The lowest BCUT2D eigenvalue weighted by Crippen LogP contribution is -2.49. The maximum Gasteiger partial charge on any atom is 0.222 e. The predicted octanol–water partition coefficient (Wildman–Crippen LogP) is 2.25. The maximum atomic E-state index is 12.6. The van der Waals surface area contributed by atoms with Crippen LogP contribution in [0.1, 0.15) is 38.7 Å². The Morgan fingerprint density at radius 2 is 1.88 bits per heavy atom. The first-order chi connectivity index (χ1) is 11.6. The van der Waals surface area contributed by atoms with E-state index in [1.807, 2.05) is 6.07 Å². The fourth-order valence-electron chi connectivity index (χ4n) is 3.92. The molecule has 1 N–H and O–H groups in total. The third kappa shape index (κ3) is 4.17. The topological polar surface area (TPSA) is 35.6 Å². The predicted molar refractivity (Wildman–Crippen MR) is 98.1 cm³/mol. The average molecular weight is 329 g/mol. The van der Waals surface area contributed by atoms with Crippen molar-refractivity contribution in [1.82, 2.24) is 15.1 Å². The highest BCUT2D eigenvalue weighted by Gasteiger charge is 2.31. The Morgan fingerprint density at radius 1 is 1.17 bits per heavy atom. The van der Waals surface area contributed by atoms with E-state index in [2.05, 4.69) is 53.2 Å². The van der Waals surface area contributed by atoms with Crippen LogP contribution in [-0.4, -0.2) is 61.0 Å². The molecular formula is C20H31N3O. The van der Waals surface area contributed by atoms with E-state index in [1.165, 1.54) is 5.56 Å². The molecule has 4 heteroatoms. The molecule has 0 aromatic heterocycles. The molecule has 4 nitrogen and oxygen atoms in total. The van der Waals surface area contributed by atoms with Crippen LogP contribution in [0.2, 0.25) is 0 Å². The molecule has 132 valence electrons. The highest BCUT2D eigenvalue weighted by Crippen LogP contribution is 2.29. The van der Waals surface area contributed by atoms with Crippen LogP contribution in [0.5, 0.6) is 0 Å². The first-order valence-electron chi connectivity index (χ1n) is 9.34. The van der Waals surface area contributed by atoms with Crippen LogP contribution in [0.15, 0.2) is 30.3 Å². The van der Waals surface area contributed by atoms with Gasteiger partial charge in [0.15, 0.2) is 0 Å². The van der Waals surface area contributed by atoms with Crippen LogP contribution in [0.3, 0.4) is 0 Å². The fraction of sp³-hybridized carbons (Fsp3) is 0.650. The van der Waals surface area contributed by atoms with Gasteiger partial charge in [0, 0.05) is 51.7 Å². The summed E-state index contributed by atoms with van der Waals surface area (Å²) in [4.78, 5) is 17.3. The van der Waals surface area contributed by atoms with Gasteiger partial charge in [-0.3, -0.25) is 9.69 Å². The summed E-state index contributed by atoms with van der Waals surface area (Å²) in [5, 5.41) is 3.40. The molecule has 2 heterocycles. The van der Waals surface area contributed by atoms with E-state index in [0.29, 0.717) is 18.4 Å². The Kier molecular flexibility index (Phi) is 5.57. The molecule has 0 aliphatic carbocycles. The molecule has 2 fully saturated rings. The number of likely N-dealkylation sites (tertiary alicyclic amines) is 1. The number of rotatable bonds is 5. The van der Waals surface area contributed by atoms with Crippen LogP contribution in [0.25, 0.3) is 0 Å². The lowest BCUT2D eigenvalue weighted by atomic mass is 9.80. The van der Waals surface area contributed by atoms with E-state index in [4.69, 9.17) is 0 Å². The molecule has 2 aliphatic rings. The van der Waals surface area contributed by atoms with Crippen molar-refractivity contribution in [3.8, 4) is 0 Å². The Balaban J connectivity index is 1.49. The maximum absolute atomic E-state index is 12.6. The second-order valence-corrected chi connectivity index (χ2v) is 7.82. The van der Waals surface area contributed by atoms with Crippen molar-refractivity contribution in [1.29, 1.82) is 0 Å². The minimum atomic E-state index is 0.0502. The van der Waals surface area contributed by atoms with Crippen molar-refractivity contribution in [2.45, 2.75) is 44.6 Å². The van der Waals surface area contributed by atoms with Crippen molar-refractivity contribution in [3.63, 3.8) is 0 Å². The van der Waals surface area contributed by atoms with E-state index in [-0.39, 0.29) is 5.41 Å². The molecular weight excluding hydrogens is 298 g/mol. The summed E-state index contributed by atoms with van der Waals surface area (Å²) in [6.45, 7) is 10.7. The molecule has 24 heavy (non-hydrogen) atoms. The lowest BCUT2D eigenvalue weighted by molar-refractivity contribution is -0.130. The number of piperazine rings is 1. The average Bonchev–Trinajstić information content (AvgIpc) is 3.11. The first-order valence-corrected chi connectivity index (χ1v) is 9.34. The fourth-order valence-corrected chi connectivity index (χ4v) is 3.92. The number of nitrogens with one attached hydrogen (secondary N) is 1. The lowest BCUT2D eigenvalue weighted by Gasteiger charge is -2.32. The van der Waals surface area contributed by atoms with E-state index in [9.17, 15) is 4.79 Å². The Hall–Kier alpha value is -1.39. The SMILES string of the molecule is CC(C)(CCC(=O)N1CCC(N2CCNCC2)C1)c1ccccc1. The largest absolute Gasteiger partial charge is 0.341 e. The number of nitrogens with zero attached hydrogens (tertiary/aromatic N) is 2. The zero-order valence-electron chi connectivity index (χ0n) is 15.1. The normalized spacial score (nSPS) is 22.8. The van der Waals surface area contributed by atoms with Crippen LogP contribution < -0.4 is 5.32 Å². The zero-order chi connectivity index (χ0) is 17.0. The monoisotopic (exact) mass is 329 g/mol. The molecule has 1 aromatic rings. The number of amides is 1. The molecule has 1 unspecified atom stereocenters. The number of carbonyl (C=O) groups excluding carboxylic acids is 1. The standard InChI is InChI=1S/C20H31N3O/c1-20(2,17-6-4-3-5-7-17)10-8-19(24)23-13-9-18(16-23)22-14-11-21-12-15-22/h3-7,18,21H,8-16H2,1-2H3. The van der Waals surface area contributed by atoms with Crippen molar-refractivity contribution in [2.75, 3.05) is 39.3 Å². The minimum absolute atomic E-state index is 0.0502. The van der Waals surface area contributed by atoms with E-state index >= 15 is 0 Å². The van der Waals surface area contributed by atoms with E-state index in [0.717, 1.165) is 52.1 Å². The second-order valence-electron chi connectivity index (χ2n) is 7.82. The van der Waals surface area contributed by atoms with Gasteiger partial charge < -0.3 is 10.2 Å². The second kappa shape index (κ2) is 7.66. The van der Waals surface area contributed by atoms with Gasteiger partial charge in [-0.2, -0.15) is 0 Å². The molecule has 2 aliphatic heterocycles. The van der Waals surface area contributed by atoms with E-state index in [1.54, 1.807) is 0 Å². The molecule has 0 saturated carbocycles. The van der Waals surface area contributed by atoms with Gasteiger partial charge in [-0.25, -0.2) is 0 Å². The molecule has 0 bridgehead atoms. The van der Waals surface area contributed by atoms with Crippen molar-refractivity contribution >= 4 is 5.91 Å². The summed E-state index contributed by atoms with van der Waals surface area (Å²) in [5.41, 5.74) is 1.37. The van der Waals surface area contributed by atoms with Crippen LogP contribution >= 0.6 is 0 Å². The van der Waals surface area contributed by atoms with Crippen LogP contribution in [0.4, 0.5) is 0 Å². The van der Waals surface area contributed by atoms with Crippen LogP contribution in [-0.2, 0) is 10.2 Å². The molecule has 0 spiro atoms. The van der Waals surface area contributed by atoms with Crippen molar-refractivity contribution < 1.29 is 4.79 Å². The first kappa shape index (κ1) is 17.4. The summed E-state index contributed by atoms with van der Waals surface area (Å²) >= 11 is 0. The zero-order valence-corrected chi connectivity index (χ0v) is 15.1. The summed E-state index contributed by atoms with van der Waals surface area (Å²) < 4.78 is 0. The Bertz CT molecular complexity index is 537. The summed E-state index contributed by atoms with van der Waals surface area (Å²) in [6, 6.07) is 11.1. The Labute approximate surface area is 146 Å². The number of benzene rings is 1. The highest BCUT2D eigenvalue weighted by molar-refractivity contribution is 5.76. The van der Waals surface area contributed by atoms with Gasteiger partial charge >= 0.3 is 0 Å². The molecule has 1 amide bonds. The van der Waals surface area contributed by atoms with Gasteiger partial charge in [-0.15, -0.1) is 0 Å². The minimum Gasteiger partial charge on any atom is -0.341 e.